The van der Waals surface area contributed by atoms with Crippen LogP contribution in [0.25, 0.3) is 0 Å². The molecule has 6 aliphatic rings. The molecule has 4 saturated carbocycles. The van der Waals surface area contributed by atoms with E-state index in [0.29, 0.717) is 44.6 Å². The second-order valence-corrected chi connectivity index (χ2v) is 13.9. The van der Waals surface area contributed by atoms with Gasteiger partial charge in [0.15, 0.2) is 0 Å². The van der Waals surface area contributed by atoms with Gasteiger partial charge in [0.05, 0.1) is 23.9 Å². The first-order valence-corrected chi connectivity index (χ1v) is 13.9. The molecule has 0 aromatic rings. The van der Waals surface area contributed by atoms with Gasteiger partial charge in [-0.05, 0) is 81.0 Å². The Morgan fingerprint density at radius 2 is 1.43 bits per heavy atom. The minimum atomic E-state index is -1.94. The molecule has 2 aliphatic heterocycles. The molecule has 35 heavy (non-hydrogen) atoms. The zero-order valence-corrected chi connectivity index (χ0v) is 21.3. The second-order valence-electron chi connectivity index (χ2n) is 13.9. The van der Waals surface area contributed by atoms with Crippen LogP contribution in [0.5, 0.6) is 0 Å². The molecular formula is C27H45NO7. The number of rotatable bonds is 0. The highest BCUT2D eigenvalue weighted by Gasteiger charge is 2.80. The molecule has 7 N–H and O–H groups in total. The Morgan fingerprint density at radius 3 is 2.14 bits per heavy atom. The lowest BCUT2D eigenvalue weighted by Gasteiger charge is -2.68. The fraction of sp³-hybridized carbons (Fsp3) is 1.00. The van der Waals surface area contributed by atoms with Crippen molar-refractivity contribution in [2.24, 2.45) is 35.0 Å². The Hall–Kier alpha value is -0.320. The van der Waals surface area contributed by atoms with Gasteiger partial charge in [0, 0.05) is 31.5 Å². The van der Waals surface area contributed by atoms with E-state index in [9.17, 15) is 35.7 Å². The smallest absolute Gasteiger partial charge is 0.127 e. The zero-order chi connectivity index (χ0) is 25.3. The van der Waals surface area contributed by atoms with Gasteiger partial charge in [-0.15, -0.1) is 0 Å². The van der Waals surface area contributed by atoms with Crippen LogP contribution in [0.15, 0.2) is 0 Å². The molecule has 0 unspecified atom stereocenters. The number of piperidine rings is 2. The highest BCUT2D eigenvalue weighted by molar-refractivity contribution is 5.31. The molecule has 2 saturated heterocycles. The molecule has 0 aromatic heterocycles. The van der Waals surface area contributed by atoms with Crippen molar-refractivity contribution in [3.8, 4) is 0 Å². The summed E-state index contributed by atoms with van der Waals surface area (Å²) in [5, 5.41) is 81.5. The van der Waals surface area contributed by atoms with Crippen molar-refractivity contribution in [3.05, 3.63) is 0 Å². The maximum absolute atomic E-state index is 12.5. The molecule has 0 amide bonds. The Bertz CT molecular complexity index is 886. The third kappa shape index (κ3) is 2.81. The molecular weight excluding hydrogens is 450 g/mol. The van der Waals surface area contributed by atoms with Crippen LogP contribution in [0.4, 0.5) is 0 Å². The normalized spacial score (nSPS) is 64.5. The van der Waals surface area contributed by atoms with Gasteiger partial charge in [0.25, 0.3) is 0 Å². The molecule has 0 bridgehead atoms. The van der Waals surface area contributed by atoms with Crippen molar-refractivity contribution in [2.75, 3.05) is 13.1 Å². The van der Waals surface area contributed by atoms with Crippen molar-refractivity contribution < 1.29 is 35.7 Å². The van der Waals surface area contributed by atoms with Gasteiger partial charge in [0.2, 0.25) is 0 Å². The van der Waals surface area contributed by atoms with Crippen LogP contribution in [0.1, 0.15) is 72.1 Å². The number of hydrogen-bond acceptors (Lipinski definition) is 8. The monoisotopic (exact) mass is 495 g/mol. The van der Waals surface area contributed by atoms with Gasteiger partial charge in [-0.25, -0.2) is 0 Å². The Balaban J connectivity index is 1.43. The summed E-state index contributed by atoms with van der Waals surface area (Å²) in [6, 6.07) is -0.315. The van der Waals surface area contributed by atoms with Crippen LogP contribution >= 0.6 is 0 Å². The SMILES string of the molecule is C[C@H]1CC[C@@H]2N(C1)C[C@@H]1[C@](O)([C@@H](O)C[C@@]3(O)[C@@H]4CC[C@@H]5[C@H](O)[C@@H](O)CC[C@]5(C)[C@H]4C[C@@]13O)[C@]2(C)O. The summed E-state index contributed by atoms with van der Waals surface area (Å²) in [4.78, 5) is 2.16. The lowest BCUT2D eigenvalue weighted by atomic mass is 9.49. The summed E-state index contributed by atoms with van der Waals surface area (Å²) in [6.45, 7) is 6.95. The number of aliphatic hydroxyl groups excluding tert-OH is 3. The Kier molecular flexibility index (Phi) is 5.29. The van der Waals surface area contributed by atoms with E-state index in [4.69, 9.17) is 0 Å². The number of nitrogens with zero attached hydrogens (tertiary/aromatic N) is 1. The van der Waals surface area contributed by atoms with Crippen molar-refractivity contribution in [3.63, 3.8) is 0 Å². The summed E-state index contributed by atoms with van der Waals surface area (Å²) >= 11 is 0. The van der Waals surface area contributed by atoms with Crippen LogP contribution in [0.3, 0.4) is 0 Å². The summed E-state index contributed by atoms with van der Waals surface area (Å²) in [5.41, 5.74) is -7.21. The van der Waals surface area contributed by atoms with Gasteiger partial charge < -0.3 is 35.7 Å². The molecule has 8 heteroatoms. The van der Waals surface area contributed by atoms with E-state index >= 15 is 0 Å². The number of hydrogen-bond donors (Lipinski definition) is 7. The zero-order valence-electron chi connectivity index (χ0n) is 21.3. The molecule has 6 rings (SSSR count). The fourth-order valence-corrected chi connectivity index (χ4v) is 10.6. The summed E-state index contributed by atoms with van der Waals surface area (Å²) in [5.74, 6) is -0.997. The van der Waals surface area contributed by atoms with Crippen molar-refractivity contribution in [2.45, 2.75) is 119 Å². The Labute approximate surface area is 208 Å². The molecule has 4 aliphatic carbocycles. The topological polar surface area (TPSA) is 145 Å². The standard InChI is InChI=1S/C27H45NO7/c1-14-4-7-20-24(3,32)27(35)19(13-28(20)12-14)26(34)10-17-15(25(26,33)11-21(27)30)5-6-16-22(31)18(29)8-9-23(16,17)2/h14-22,29-35H,4-13H2,1-3H3/t14-,15+,16+,17-,18-,19-,20-,21-,22-,23-,24+,25+,26+,27-/m0/s1. The van der Waals surface area contributed by atoms with E-state index in [1.807, 2.05) is 0 Å². The lowest BCUT2D eigenvalue weighted by molar-refractivity contribution is -0.354. The van der Waals surface area contributed by atoms with Crippen molar-refractivity contribution in [1.82, 2.24) is 4.90 Å². The quantitative estimate of drug-likeness (QED) is 0.249. The fourth-order valence-electron chi connectivity index (χ4n) is 10.6. The first-order valence-electron chi connectivity index (χ1n) is 13.9. The van der Waals surface area contributed by atoms with E-state index in [-0.39, 0.29) is 42.1 Å². The van der Waals surface area contributed by atoms with Crippen LogP contribution in [0.2, 0.25) is 0 Å². The minimum Gasteiger partial charge on any atom is -0.390 e. The van der Waals surface area contributed by atoms with Gasteiger partial charge in [-0.2, -0.15) is 0 Å². The molecule has 0 radical (unpaired) electrons. The summed E-state index contributed by atoms with van der Waals surface area (Å²) < 4.78 is 0. The van der Waals surface area contributed by atoms with Crippen LogP contribution in [-0.4, -0.2) is 100 Å². The van der Waals surface area contributed by atoms with Crippen LogP contribution in [-0.2, 0) is 0 Å². The molecule has 8 nitrogen and oxygen atoms in total. The number of fused-ring (bicyclic) bond motifs is 8. The van der Waals surface area contributed by atoms with Crippen LogP contribution in [0, 0.1) is 35.0 Å². The summed E-state index contributed by atoms with van der Waals surface area (Å²) in [6.07, 6.45) is 1.19. The lowest BCUT2D eigenvalue weighted by Crippen LogP contribution is -2.85. The maximum Gasteiger partial charge on any atom is 0.127 e. The molecule has 0 aromatic carbocycles. The van der Waals surface area contributed by atoms with E-state index in [1.165, 1.54) is 0 Å². The maximum atomic E-state index is 12.5. The van der Waals surface area contributed by atoms with Gasteiger partial charge in [0.1, 0.15) is 16.8 Å². The highest BCUT2D eigenvalue weighted by Crippen LogP contribution is 2.70. The Morgan fingerprint density at radius 1 is 0.743 bits per heavy atom. The number of aliphatic hydroxyl groups is 7. The largest absolute Gasteiger partial charge is 0.390 e. The third-order valence-electron chi connectivity index (χ3n) is 12.6. The van der Waals surface area contributed by atoms with Gasteiger partial charge in [-0.1, -0.05) is 13.8 Å². The minimum absolute atomic E-state index is 0.115. The predicted molar refractivity (Wildman–Crippen MR) is 127 cm³/mol. The average Bonchev–Trinajstić information content (AvgIpc) is 3.02. The average molecular weight is 496 g/mol. The highest BCUT2D eigenvalue weighted by atomic mass is 16.4. The molecule has 0 spiro atoms. The first kappa shape index (κ1) is 25.0. The van der Waals surface area contributed by atoms with Crippen molar-refractivity contribution in [1.29, 1.82) is 0 Å². The van der Waals surface area contributed by atoms with Gasteiger partial charge >= 0.3 is 0 Å². The molecule has 6 fully saturated rings. The van der Waals surface area contributed by atoms with Crippen LogP contribution < -0.4 is 0 Å². The first-order chi connectivity index (χ1) is 16.2. The van der Waals surface area contributed by atoms with Gasteiger partial charge in [-0.3, -0.25) is 4.90 Å². The van der Waals surface area contributed by atoms with E-state index in [0.717, 1.165) is 13.0 Å². The molecule has 2 heterocycles. The van der Waals surface area contributed by atoms with E-state index in [1.54, 1.807) is 6.92 Å². The second kappa shape index (κ2) is 7.41. The predicted octanol–water partition coefficient (Wildman–Crippen LogP) is -0.00640. The van der Waals surface area contributed by atoms with E-state index in [2.05, 4.69) is 18.7 Å². The third-order valence-corrected chi connectivity index (χ3v) is 12.6. The van der Waals surface area contributed by atoms with E-state index < -0.39 is 46.6 Å². The van der Waals surface area contributed by atoms with Crippen molar-refractivity contribution >= 4 is 0 Å². The summed E-state index contributed by atoms with van der Waals surface area (Å²) in [7, 11) is 0. The molecule has 14 atom stereocenters. The molecule has 200 valence electrons.